The lowest BCUT2D eigenvalue weighted by molar-refractivity contribution is -0.109. The van der Waals surface area contributed by atoms with Crippen molar-refractivity contribution in [3.05, 3.63) is 0 Å². The summed E-state index contributed by atoms with van der Waals surface area (Å²) < 4.78 is 0. The maximum atomic E-state index is 10.1. The summed E-state index contributed by atoms with van der Waals surface area (Å²) in [5.41, 5.74) is 0. The number of aldehydes is 1. The lowest BCUT2D eigenvalue weighted by atomic mass is 10.2. The first-order valence-corrected chi connectivity index (χ1v) is 4.00. The van der Waals surface area contributed by atoms with Gasteiger partial charge < -0.3 is 10.1 Å². The largest absolute Gasteiger partial charge is 0.308 e. The second kappa shape index (κ2) is 6.75. The van der Waals surface area contributed by atoms with Gasteiger partial charge in [0, 0.05) is 0 Å². The normalized spacial score (nSPS) is 13.0. The summed E-state index contributed by atoms with van der Waals surface area (Å²) in [7, 11) is 0. The molecule has 0 spiro atoms. The summed E-state index contributed by atoms with van der Waals surface area (Å²) in [6.45, 7) is 5.01. The number of unbranched alkanes of at least 4 members (excludes halogenated alkanes) is 2. The van der Waals surface area contributed by atoms with Crippen molar-refractivity contribution in [2.24, 2.45) is 0 Å². The van der Waals surface area contributed by atoms with E-state index in [0.717, 1.165) is 12.8 Å². The third-order valence-corrected chi connectivity index (χ3v) is 1.45. The third-order valence-electron chi connectivity index (χ3n) is 1.45. The molecule has 2 heteroatoms. The Labute approximate surface area is 63.0 Å². The van der Waals surface area contributed by atoms with Crippen LogP contribution in [0, 0.1) is 0 Å². The first-order valence-electron chi connectivity index (χ1n) is 4.00. The Morgan fingerprint density at radius 3 is 2.70 bits per heavy atom. The summed E-state index contributed by atoms with van der Waals surface area (Å²) in [6.07, 6.45) is 4.59. The second-order valence-corrected chi connectivity index (χ2v) is 2.59. The fourth-order valence-corrected chi connectivity index (χ4v) is 0.753. The maximum absolute atomic E-state index is 10.1. The van der Waals surface area contributed by atoms with Crippen LogP contribution in [0.5, 0.6) is 0 Å². The fraction of sp³-hybridized carbons (Fsp3) is 0.875. The SMILES string of the molecule is CCCCCN[C@H](C)C=O. The molecule has 0 aromatic rings. The molecule has 0 fully saturated rings. The minimum absolute atomic E-state index is 0.0249. The van der Waals surface area contributed by atoms with Gasteiger partial charge in [-0.15, -0.1) is 0 Å². The first kappa shape index (κ1) is 9.63. The molecule has 0 saturated heterocycles. The van der Waals surface area contributed by atoms with E-state index in [2.05, 4.69) is 12.2 Å². The summed E-state index contributed by atoms with van der Waals surface area (Å²) in [6, 6.07) is 0.0249. The smallest absolute Gasteiger partial charge is 0.136 e. The van der Waals surface area contributed by atoms with Gasteiger partial charge in [0.05, 0.1) is 6.04 Å². The second-order valence-electron chi connectivity index (χ2n) is 2.59. The van der Waals surface area contributed by atoms with Gasteiger partial charge in [-0.3, -0.25) is 0 Å². The van der Waals surface area contributed by atoms with Crippen LogP contribution >= 0.6 is 0 Å². The Hall–Kier alpha value is -0.370. The summed E-state index contributed by atoms with van der Waals surface area (Å²) in [4.78, 5) is 10.1. The third kappa shape index (κ3) is 5.76. The molecule has 0 aliphatic carbocycles. The number of rotatable bonds is 6. The van der Waals surface area contributed by atoms with Crippen molar-refractivity contribution in [1.29, 1.82) is 0 Å². The van der Waals surface area contributed by atoms with Gasteiger partial charge in [0.15, 0.2) is 0 Å². The van der Waals surface area contributed by atoms with Crippen LogP contribution in [0.1, 0.15) is 33.1 Å². The average Bonchev–Trinajstić information content (AvgIpc) is 1.98. The summed E-state index contributed by atoms with van der Waals surface area (Å²) in [5.74, 6) is 0. The Morgan fingerprint density at radius 1 is 1.50 bits per heavy atom. The van der Waals surface area contributed by atoms with Gasteiger partial charge in [-0.1, -0.05) is 19.8 Å². The molecule has 0 radical (unpaired) electrons. The molecule has 0 aromatic heterocycles. The van der Waals surface area contributed by atoms with Gasteiger partial charge in [-0.05, 0) is 19.9 Å². The van der Waals surface area contributed by atoms with Gasteiger partial charge in [0.1, 0.15) is 6.29 Å². The molecule has 1 atom stereocenters. The molecule has 10 heavy (non-hydrogen) atoms. The van der Waals surface area contributed by atoms with E-state index in [1.54, 1.807) is 0 Å². The van der Waals surface area contributed by atoms with E-state index < -0.39 is 0 Å². The molecule has 0 amide bonds. The predicted octanol–water partition coefficient (Wildman–Crippen LogP) is 1.35. The minimum Gasteiger partial charge on any atom is -0.308 e. The Morgan fingerprint density at radius 2 is 2.20 bits per heavy atom. The molecule has 0 aliphatic rings. The maximum Gasteiger partial charge on any atom is 0.136 e. The van der Waals surface area contributed by atoms with E-state index in [9.17, 15) is 4.79 Å². The van der Waals surface area contributed by atoms with E-state index in [1.165, 1.54) is 19.3 Å². The van der Waals surface area contributed by atoms with Crippen molar-refractivity contribution in [1.82, 2.24) is 5.32 Å². The molecule has 0 aliphatic heterocycles. The predicted molar refractivity (Wildman–Crippen MR) is 43.1 cm³/mol. The highest BCUT2D eigenvalue weighted by Crippen LogP contribution is 1.91. The zero-order chi connectivity index (χ0) is 7.82. The van der Waals surface area contributed by atoms with Crippen LogP contribution in [-0.2, 0) is 4.79 Å². The molecule has 1 N–H and O–H groups in total. The molecule has 0 unspecified atom stereocenters. The number of carbonyl (C=O) groups excluding carboxylic acids is 1. The van der Waals surface area contributed by atoms with Crippen molar-refractivity contribution in [2.75, 3.05) is 6.54 Å². The highest BCUT2D eigenvalue weighted by atomic mass is 16.1. The molecule has 0 bridgehead atoms. The van der Waals surface area contributed by atoms with Crippen LogP contribution in [0.3, 0.4) is 0 Å². The standard InChI is InChI=1S/C8H17NO/c1-3-4-5-6-9-8(2)7-10/h7-9H,3-6H2,1-2H3/t8-/m1/s1. The van der Waals surface area contributed by atoms with E-state index in [0.29, 0.717) is 0 Å². The zero-order valence-electron chi connectivity index (χ0n) is 6.89. The molecular formula is C8H17NO. The van der Waals surface area contributed by atoms with Gasteiger partial charge in [-0.25, -0.2) is 0 Å². The molecular weight excluding hydrogens is 126 g/mol. The van der Waals surface area contributed by atoms with E-state index in [-0.39, 0.29) is 6.04 Å². The number of hydrogen-bond donors (Lipinski definition) is 1. The van der Waals surface area contributed by atoms with Gasteiger partial charge in [0.2, 0.25) is 0 Å². The molecule has 0 rings (SSSR count). The van der Waals surface area contributed by atoms with Crippen molar-refractivity contribution in [3.63, 3.8) is 0 Å². The molecule has 60 valence electrons. The van der Waals surface area contributed by atoms with Crippen molar-refractivity contribution >= 4 is 6.29 Å². The van der Waals surface area contributed by atoms with Crippen LogP contribution in [0.4, 0.5) is 0 Å². The minimum atomic E-state index is 0.0249. The quantitative estimate of drug-likeness (QED) is 0.449. The van der Waals surface area contributed by atoms with Gasteiger partial charge in [-0.2, -0.15) is 0 Å². The van der Waals surface area contributed by atoms with Crippen LogP contribution in [0.2, 0.25) is 0 Å². The highest BCUT2D eigenvalue weighted by molar-refractivity contribution is 5.56. The van der Waals surface area contributed by atoms with Crippen LogP contribution in [0.25, 0.3) is 0 Å². The Kier molecular flexibility index (Phi) is 6.50. The number of nitrogens with one attached hydrogen (secondary N) is 1. The van der Waals surface area contributed by atoms with Crippen molar-refractivity contribution < 1.29 is 4.79 Å². The van der Waals surface area contributed by atoms with E-state index in [4.69, 9.17) is 0 Å². The molecule has 0 saturated carbocycles. The molecule has 0 aromatic carbocycles. The number of carbonyl (C=O) groups is 1. The zero-order valence-corrected chi connectivity index (χ0v) is 6.89. The van der Waals surface area contributed by atoms with E-state index >= 15 is 0 Å². The highest BCUT2D eigenvalue weighted by Gasteiger charge is 1.94. The number of hydrogen-bond acceptors (Lipinski definition) is 2. The molecule has 2 nitrogen and oxygen atoms in total. The lowest BCUT2D eigenvalue weighted by Gasteiger charge is -2.04. The van der Waals surface area contributed by atoms with E-state index in [1.807, 2.05) is 6.92 Å². The molecule has 0 heterocycles. The lowest BCUT2D eigenvalue weighted by Crippen LogP contribution is -2.27. The Bertz CT molecular complexity index is 83.3. The average molecular weight is 143 g/mol. The van der Waals surface area contributed by atoms with Crippen LogP contribution < -0.4 is 5.32 Å². The monoisotopic (exact) mass is 143 g/mol. The van der Waals surface area contributed by atoms with Crippen LogP contribution in [0.15, 0.2) is 0 Å². The van der Waals surface area contributed by atoms with Crippen molar-refractivity contribution in [3.8, 4) is 0 Å². The summed E-state index contributed by atoms with van der Waals surface area (Å²) in [5, 5.41) is 3.10. The first-order chi connectivity index (χ1) is 4.81. The van der Waals surface area contributed by atoms with Gasteiger partial charge >= 0.3 is 0 Å². The summed E-state index contributed by atoms with van der Waals surface area (Å²) >= 11 is 0. The van der Waals surface area contributed by atoms with Gasteiger partial charge in [0.25, 0.3) is 0 Å². The topological polar surface area (TPSA) is 29.1 Å². The van der Waals surface area contributed by atoms with Crippen LogP contribution in [-0.4, -0.2) is 18.9 Å². The fourth-order valence-electron chi connectivity index (χ4n) is 0.753. The van der Waals surface area contributed by atoms with Crippen molar-refractivity contribution in [2.45, 2.75) is 39.2 Å². The Balaban J connectivity index is 2.95.